The number of carboxylic acid groups (broad SMARTS) is 1. The van der Waals surface area contributed by atoms with Gasteiger partial charge in [0.1, 0.15) is 5.82 Å². The first-order chi connectivity index (χ1) is 9.13. The van der Waals surface area contributed by atoms with Crippen molar-refractivity contribution < 1.29 is 15.0 Å². The molecule has 1 aromatic heterocycles. The summed E-state index contributed by atoms with van der Waals surface area (Å²) in [5.41, 5.74) is 1.07. The smallest absolute Gasteiger partial charge is 0.410 e. The molecule has 3 N–H and O–H groups in total. The number of hydrogen-bond acceptors (Lipinski definition) is 4. The number of nitrogens with zero attached hydrogens (tertiary/aromatic N) is 2. The number of β-amino-alcohol motifs (C(OH)–C–C–N with tert-alkyl or cyclic N) is 1. The molecule has 1 aliphatic rings. The van der Waals surface area contributed by atoms with Crippen molar-refractivity contribution in [3.8, 4) is 0 Å². The number of aromatic nitrogens is 1. The van der Waals surface area contributed by atoms with Gasteiger partial charge >= 0.3 is 6.09 Å². The second-order valence-corrected chi connectivity index (χ2v) is 4.83. The highest BCUT2D eigenvalue weighted by molar-refractivity contribution is 5.81. The number of hydrogen-bond donors (Lipinski definition) is 3. The lowest BCUT2D eigenvalue weighted by Gasteiger charge is -2.29. The van der Waals surface area contributed by atoms with E-state index >= 15 is 0 Å². The molecule has 104 valence electrons. The molecule has 6 nitrogen and oxygen atoms in total. The van der Waals surface area contributed by atoms with Gasteiger partial charge in [0, 0.05) is 19.3 Å². The van der Waals surface area contributed by atoms with E-state index in [4.69, 9.17) is 5.11 Å². The van der Waals surface area contributed by atoms with Crippen LogP contribution in [0, 0.1) is 0 Å². The Morgan fingerprint density at radius 2 is 2.37 bits per heavy atom. The van der Waals surface area contributed by atoms with Crippen LogP contribution in [0.25, 0.3) is 0 Å². The molecule has 1 atom stereocenters. The zero-order chi connectivity index (χ0) is 13.7. The number of anilines is 1. The fourth-order valence-corrected chi connectivity index (χ4v) is 2.28. The third-order valence-electron chi connectivity index (χ3n) is 3.26. The molecule has 6 heteroatoms. The van der Waals surface area contributed by atoms with Gasteiger partial charge in [0.15, 0.2) is 0 Å². The predicted octanol–water partition coefficient (Wildman–Crippen LogP) is 1.17. The lowest BCUT2D eigenvalue weighted by atomic mass is 10.1. The fraction of sp³-hybridized carbons (Fsp3) is 0.538. The molecule has 0 saturated carbocycles. The molecule has 0 spiro atoms. The Kier molecular flexibility index (Phi) is 4.70. The van der Waals surface area contributed by atoms with Crippen molar-refractivity contribution in [3.63, 3.8) is 0 Å². The van der Waals surface area contributed by atoms with Crippen LogP contribution in [0.5, 0.6) is 0 Å². The van der Waals surface area contributed by atoms with Crippen LogP contribution >= 0.6 is 0 Å². The molecule has 0 aromatic carbocycles. The second-order valence-electron chi connectivity index (χ2n) is 4.83. The topological polar surface area (TPSA) is 85.7 Å². The average molecular weight is 265 g/mol. The number of amides is 1. The average Bonchev–Trinajstić information content (AvgIpc) is 2.37. The van der Waals surface area contributed by atoms with Crippen LogP contribution in [-0.4, -0.2) is 51.9 Å². The summed E-state index contributed by atoms with van der Waals surface area (Å²) in [7, 11) is 0. The summed E-state index contributed by atoms with van der Waals surface area (Å²) in [5.74, 6) is 0.338. The van der Waals surface area contributed by atoms with Gasteiger partial charge in [0.2, 0.25) is 0 Å². The molecule has 1 fully saturated rings. The lowest BCUT2D eigenvalue weighted by molar-refractivity contribution is 0.0714. The number of carbonyl (C=O) groups is 1. The van der Waals surface area contributed by atoms with Gasteiger partial charge in [-0.15, -0.1) is 0 Å². The van der Waals surface area contributed by atoms with Gasteiger partial charge < -0.3 is 15.1 Å². The maximum atomic E-state index is 10.4. The Morgan fingerprint density at radius 3 is 3.00 bits per heavy atom. The van der Waals surface area contributed by atoms with Crippen molar-refractivity contribution >= 4 is 11.9 Å². The molecule has 1 amide bonds. The number of likely N-dealkylation sites (tertiary alicyclic amines) is 1. The minimum Gasteiger partial charge on any atom is -0.465 e. The van der Waals surface area contributed by atoms with Crippen molar-refractivity contribution in [2.45, 2.75) is 25.4 Å². The van der Waals surface area contributed by atoms with Crippen LogP contribution < -0.4 is 5.32 Å². The lowest BCUT2D eigenvalue weighted by Crippen LogP contribution is -2.39. The monoisotopic (exact) mass is 265 g/mol. The number of nitrogens with one attached hydrogen (secondary N) is 1. The number of aliphatic hydroxyl groups excluding tert-OH is 1. The van der Waals surface area contributed by atoms with Gasteiger partial charge in [-0.1, -0.05) is 6.07 Å². The van der Waals surface area contributed by atoms with E-state index < -0.39 is 6.09 Å². The summed E-state index contributed by atoms with van der Waals surface area (Å²) in [6, 6.07) is 3.53. The van der Waals surface area contributed by atoms with Crippen LogP contribution in [0.3, 0.4) is 0 Å². The Balaban J connectivity index is 1.81. The Hall–Kier alpha value is -1.66. The molecule has 2 rings (SSSR count). The van der Waals surface area contributed by atoms with Gasteiger partial charge in [0.05, 0.1) is 6.10 Å². The normalized spacial score (nSPS) is 20.2. The zero-order valence-electron chi connectivity index (χ0n) is 10.7. The van der Waals surface area contributed by atoms with Gasteiger partial charge in [-0.3, -0.25) is 5.32 Å². The highest BCUT2D eigenvalue weighted by Crippen LogP contribution is 2.11. The van der Waals surface area contributed by atoms with E-state index in [1.165, 1.54) is 0 Å². The molecular formula is C13H19N3O3. The standard InChI is InChI=1S/C13H19N3O3/c17-11-2-1-6-16(9-11)7-5-10-3-4-12(14-8-10)15-13(18)19/h3-4,8,11,17H,1-2,5-7,9H2,(H,14,15)(H,18,19)/t11-/m0/s1. The Labute approximate surface area is 112 Å². The SMILES string of the molecule is O=C(O)Nc1ccc(CCN2CCC[C@H](O)C2)cn1. The van der Waals surface area contributed by atoms with Gasteiger partial charge in [-0.05, 0) is 37.4 Å². The second kappa shape index (κ2) is 6.49. The highest BCUT2D eigenvalue weighted by Gasteiger charge is 2.16. The Morgan fingerprint density at radius 1 is 1.53 bits per heavy atom. The van der Waals surface area contributed by atoms with Crippen LogP contribution in [0.4, 0.5) is 10.6 Å². The van der Waals surface area contributed by atoms with Crippen LogP contribution in [0.2, 0.25) is 0 Å². The molecule has 0 aliphatic carbocycles. The number of piperidine rings is 1. The number of rotatable bonds is 4. The predicted molar refractivity (Wildman–Crippen MR) is 71.3 cm³/mol. The fourth-order valence-electron chi connectivity index (χ4n) is 2.28. The third kappa shape index (κ3) is 4.50. The summed E-state index contributed by atoms with van der Waals surface area (Å²) in [4.78, 5) is 16.7. The van der Waals surface area contributed by atoms with E-state index in [9.17, 15) is 9.90 Å². The highest BCUT2D eigenvalue weighted by atomic mass is 16.4. The van der Waals surface area contributed by atoms with Crippen molar-refractivity contribution in [2.24, 2.45) is 0 Å². The minimum absolute atomic E-state index is 0.200. The summed E-state index contributed by atoms with van der Waals surface area (Å²) in [5, 5.41) is 20.3. The minimum atomic E-state index is -1.11. The molecule has 2 heterocycles. The van der Waals surface area contributed by atoms with Crippen molar-refractivity contribution in [1.82, 2.24) is 9.88 Å². The number of pyridine rings is 1. The first kappa shape index (κ1) is 13.8. The van der Waals surface area contributed by atoms with Crippen LogP contribution in [0.15, 0.2) is 18.3 Å². The molecule has 1 aliphatic heterocycles. The zero-order valence-corrected chi connectivity index (χ0v) is 10.7. The summed E-state index contributed by atoms with van der Waals surface area (Å²) < 4.78 is 0. The Bertz CT molecular complexity index is 422. The molecule has 19 heavy (non-hydrogen) atoms. The summed E-state index contributed by atoms with van der Waals surface area (Å²) in [6.45, 7) is 2.67. The van der Waals surface area contributed by atoms with E-state index in [0.717, 1.165) is 44.5 Å². The molecule has 0 radical (unpaired) electrons. The molecule has 0 unspecified atom stereocenters. The van der Waals surface area contributed by atoms with E-state index in [1.807, 2.05) is 6.07 Å². The molecule has 1 aromatic rings. The van der Waals surface area contributed by atoms with E-state index in [1.54, 1.807) is 12.3 Å². The maximum Gasteiger partial charge on any atom is 0.410 e. The van der Waals surface area contributed by atoms with Gasteiger partial charge in [-0.25, -0.2) is 9.78 Å². The third-order valence-corrected chi connectivity index (χ3v) is 3.26. The quantitative estimate of drug-likeness (QED) is 0.761. The first-order valence-corrected chi connectivity index (χ1v) is 6.49. The molecule has 1 saturated heterocycles. The van der Waals surface area contributed by atoms with Crippen molar-refractivity contribution in [3.05, 3.63) is 23.9 Å². The van der Waals surface area contributed by atoms with Crippen molar-refractivity contribution in [2.75, 3.05) is 25.0 Å². The van der Waals surface area contributed by atoms with Crippen LogP contribution in [-0.2, 0) is 6.42 Å². The van der Waals surface area contributed by atoms with Crippen molar-refractivity contribution in [1.29, 1.82) is 0 Å². The van der Waals surface area contributed by atoms with E-state index in [2.05, 4.69) is 15.2 Å². The summed E-state index contributed by atoms with van der Waals surface area (Å²) in [6.07, 6.45) is 3.17. The molecule has 0 bridgehead atoms. The van der Waals surface area contributed by atoms with E-state index in [0.29, 0.717) is 5.82 Å². The van der Waals surface area contributed by atoms with Gasteiger partial charge in [0.25, 0.3) is 0 Å². The first-order valence-electron chi connectivity index (χ1n) is 6.49. The summed E-state index contributed by atoms with van der Waals surface area (Å²) >= 11 is 0. The molecular weight excluding hydrogens is 246 g/mol. The van der Waals surface area contributed by atoms with E-state index in [-0.39, 0.29) is 6.10 Å². The van der Waals surface area contributed by atoms with Crippen LogP contribution in [0.1, 0.15) is 18.4 Å². The largest absolute Gasteiger partial charge is 0.465 e. The number of aliphatic hydroxyl groups is 1. The van der Waals surface area contributed by atoms with Gasteiger partial charge in [-0.2, -0.15) is 0 Å². The maximum absolute atomic E-state index is 10.4.